The normalized spacial score (nSPS) is 12.5. The first-order chi connectivity index (χ1) is 12.4. The van der Waals surface area contributed by atoms with Gasteiger partial charge in [0.15, 0.2) is 0 Å². The molecule has 26 heavy (non-hydrogen) atoms. The lowest BCUT2D eigenvalue weighted by atomic mass is 10.2. The molecule has 2 aromatic carbocycles. The van der Waals surface area contributed by atoms with E-state index in [0.717, 1.165) is 24.3 Å². The first-order valence-corrected chi connectivity index (χ1v) is 9.05. The zero-order valence-electron chi connectivity index (χ0n) is 13.6. The average Bonchev–Trinajstić information content (AvgIpc) is 2.65. The maximum absolute atomic E-state index is 12.3. The third-order valence-electron chi connectivity index (χ3n) is 3.48. The van der Waals surface area contributed by atoms with E-state index in [1.165, 1.54) is 0 Å². The van der Waals surface area contributed by atoms with E-state index in [4.69, 9.17) is 4.74 Å². The first-order valence-electron chi connectivity index (χ1n) is 7.56. The van der Waals surface area contributed by atoms with E-state index in [1.807, 2.05) is 0 Å². The number of non-ortho nitro benzene ring substituents is 1. The summed E-state index contributed by atoms with van der Waals surface area (Å²) >= 11 is 0. The number of benzene rings is 2. The van der Waals surface area contributed by atoms with Gasteiger partial charge in [-0.05, 0) is 18.2 Å². The maximum Gasteiger partial charge on any atom is 0.269 e. The summed E-state index contributed by atoms with van der Waals surface area (Å²) in [5.41, 5.74) is 0.300. The molecule has 0 spiro atoms. The molecule has 0 heterocycles. The van der Waals surface area contributed by atoms with Crippen LogP contribution in [0.5, 0.6) is 5.75 Å². The molecule has 2 rings (SSSR count). The minimum Gasteiger partial charge on any atom is -0.491 e. The van der Waals surface area contributed by atoms with Gasteiger partial charge in [-0.2, -0.15) is 0 Å². The summed E-state index contributed by atoms with van der Waals surface area (Å²) in [5, 5.41) is 29.3. The van der Waals surface area contributed by atoms with Crippen molar-refractivity contribution in [3.63, 3.8) is 0 Å². The van der Waals surface area contributed by atoms with Gasteiger partial charge in [-0.1, -0.05) is 18.2 Å². The number of aliphatic hydroxyl groups is 2. The molecule has 3 N–H and O–H groups in total. The summed E-state index contributed by atoms with van der Waals surface area (Å²) < 4.78 is 32.4. The summed E-state index contributed by atoms with van der Waals surface area (Å²) in [6.45, 7) is -0.929. The Bertz CT molecular complexity index is 853. The molecule has 0 bridgehead atoms. The molecule has 0 radical (unpaired) electrons. The lowest BCUT2D eigenvalue weighted by Gasteiger charge is -2.18. The number of aliphatic hydroxyl groups excluding tert-OH is 2. The second-order valence-electron chi connectivity index (χ2n) is 5.33. The van der Waals surface area contributed by atoms with Crippen molar-refractivity contribution in [1.82, 2.24) is 4.72 Å². The van der Waals surface area contributed by atoms with Gasteiger partial charge in [-0.3, -0.25) is 10.1 Å². The van der Waals surface area contributed by atoms with Crippen LogP contribution in [0, 0.1) is 10.1 Å². The van der Waals surface area contributed by atoms with Gasteiger partial charge in [0.05, 0.1) is 29.1 Å². The zero-order chi connectivity index (χ0) is 19.2. The predicted molar refractivity (Wildman–Crippen MR) is 92.2 cm³/mol. The van der Waals surface area contributed by atoms with Gasteiger partial charge in [0.1, 0.15) is 12.4 Å². The lowest BCUT2D eigenvalue weighted by Crippen LogP contribution is -2.41. The Balaban J connectivity index is 2.07. The Morgan fingerprint density at radius 1 is 1.12 bits per heavy atom. The summed E-state index contributed by atoms with van der Waals surface area (Å²) in [4.78, 5) is 9.83. The highest BCUT2D eigenvalue weighted by molar-refractivity contribution is 7.89. The lowest BCUT2D eigenvalue weighted by molar-refractivity contribution is -0.384. The minimum atomic E-state index is -4.00. The van der Waals surface area contributed by atoms with E-state index < -0.39 is 27.6 Å². The third-order valence-corrected chi connectivity index (χ3v) is 5.02. The van der Waals surface area contributed by atoms with Crippen LogP contribution in [-0.2, 0) is 16.6 Å². The van der Waals surface area contributed by atoms with Crippen molar-refractivity contribution in [2.24, 2.45) is 0 Å². The maximum atomic E-state index is 12.3. The number of para-hydroxylation sites is 1. The topological polar surface area (TPSA) is 139 Å². The molecule has 9 nitrogen and oxygen atoms in total. The van der Waals surface area contributed by atoms with Crippen molar-refractivity contribution >= 4 is 15.7 Å². The number of nitrogens with one attached hydrogen (secondary N) is 1. The number of nitro benzene ring substituents is 1. The molecule has 140 valence electrons. The molecule has 0 saturated carbocycles. The van der Waals surface area contributed by atoms with Crippen LogP contribution >= 0.6 is 0 Å². The van der Waals surface area contributed by atoms with Crippen LogP contribution in [-0.4, -0.2) is 42.8 Å². The molecule has 10 heteroatoms. The van der Waals surface area contributed by atoms with E-state index in [9.17, 15) is 28.7 Å². The number of hydrogen-bond acceptors (Lipinski definition) is 7. The highest BCUT2D eigenvalue weighted by Crippen LogP contribution is 2.19. The Morgan fingerprint density at radius 3 is 2.35 bits per heavy atom. The molecule has 0 aliphatic rings. The van der Waals surface area contributed by atoms with Gasteiger partial charge in [-0.25, -0.2) is 13.1 Å². The van der Waals surface area contributed by atoms with Crippen molar-refractivity contribution in [2.45, 2.75) is 17.5 Å². The fraction of sp³-hybridized carbons (Fsp3) is 0.250. The van der Waals surface area contributed by atoms with Gasteiger partial charge in [0, 0.05) is 17.7 Å². The Hall–Kier alpha value is -2.53. The van der Waals surface area contributed by atoms with Crippen LogP contribution in [0.1, 0.15) is 5.56 Å². The van der Waals surface area contributed by atoms with E-state index in [-0.39, 0.29) is 23.8 Å². The van der Waals surface area contributed by atoms with Gasteiger partial charge < -0.3 is 14.9 Å². The fourth-order valence-electron chi connectivity index (χ4n) is 2.12. The van der Waals surface area contributed by atoms with Gasteiger partial charge in [0.2, 0.25) is 10.0 Å². The molecular weight excluding hydrogens is 364 g/mol. The van der Waals surface area contributed by atoms with Crippen LogP contribution in [0.3, 0.4) is 0 Å². The molecule has 0 unspecified atom stereocenters. The SMILES string of the molecule is O=[N+]([O-])c1ccc(S(=O)(=O)N[C@H](CO)COc2ccccc2CO)cc1. The summed E-state index contributed by atoms with van der Waals surface area (Å²) in [5.74, 6) is 0.378. The largest absolute Gasteiger partial charge is 0.491 e. The monoisotopic (exact) mass is 382 g/mol. The first kappa shape index (κ1) is 19.8. The van der Waals surface area contributed by atoms with E-state index in [2.05, 4.69) is 4.72 Å². The van der Waals surface area contributed by atoms with Crippen molar-refractivity contribution in [3.05, 3.63) is 64.2 Å². The second-order valence-corrected chi connectivity index (χ2v) is 7.04. The van der Waals surface area contributed by atoms with Crippen LogP contribution < -0.4 is 9.46 Å². The highest BCUT2D eigenvalue weighted by atomic mass is 32.2. The molecular formula is C16H18N2O7S. The average molecular weight is 382 g/mol. The van der Waals surface area contributed by atoms with Crippen molar-refractivity contribution in [3.8, 4) is 5.75 Å². The Kier molecular flexibility index (Phi) is 6.64. The summed E-state index contributed by atoms with van der Waals surface area (Å²) in [6, 6.07) is 10.1. The molecule has 0 amide bonds. The van der Waals surface area contributed by atoms with E-state index in [0.29, 0.717) is 11.3 Å². The number of sulfonamides is 1. The molecule has 0 aromatic heterocycles. The molecule has 0 fully saturated rings. The molecule has 0 saturated heterocycles. The van der Waals surface area contributed by atoms with Gasteiger partial charge in [0.25, 0.3) is 5.69 Å². The van der Waals surface area contributed by atoms with Crippen LogP contribution in [0.4, 0.5) is 5.69 Å². The van der Waals surface area contributed by atoms with Crippen molar-refractivity contribution in [2.75, 3.05) is 13.2 Å². The molecule has 0 aliphatic heterocycles. The zero-order valence-corrected chi connectivity index (χ0v) is 14.4. The second kappa shape index (κ2) is 8.72. The number of rotatable bonds is 9. The van der Waals surface area contributed by atoms with E-state index >= 15 is 0 Å². The quantitative estimate of drug-likeness (QED) is 0.431. The van der Waals surface area contributed by atoms with Crippen LogP contribution in [0.2, 0.25) is 0 Å². The number of hydrogen-bond donors (Lipinski definition) is 3. The standard InChI is InChI=1S/C16H18N2O7S/c19-9-12-3-1-2-4-16(12)25-11-13(10-20)17-26(23,24)15-7-5-14(6-8-15)18(21)22/h1-8,13,17,19-20H,9-11H2/t13-/m1/s1. The van der Waals surface area contributed by atoms with Crippen LogP contribution in [0.25, 0.3) is 0 Å². The Labute approximate surface area is 150 Å². The molecule has 0 aliphatic carbocycles. The predicted octanol–water partition coefficient (Wildman–Crippen LogP) is 0.805. The highest BCUT2D eigenvalue weighted by Gasteiger charge is 2.21. The summed E-state index contributed by atoms with van der Waals surface area (Å²) in [6.07, 6.45) is 0. The van der Waals surface area contributed by atoms with Crippen LogP contribution in [0.15, 0.2) is 53.4 Å². The van der Waals surface area contributed by atoms with Gasteiger partial charge >= 0.3 is 0 Å². The fourth-order valence-corrected chi connectivity index (χ4v) is 3.34. The summed E-state index contributed by atoms with van der Waals surface area (Å²) in [7, 11) is -4.00. The number of nitrogens with zero attached hydrogens (tertiary/aromatic N) is 1. The minimum absolute atomic E-state index is 0.167. The van der Waals surface area contributed by atoms with E-state index in [1.54, 1.807) is 24.3 Å². The third kappa shape index (κ3) is 4.99. The molecule has 1 atom stereocenters. The van der Waals surface area contributed by atoms with Crippen molar-refractivity contribution < 1.29 is 28.3 Å². The van der Waals surface area contributed by atoms with Crippen molar-refractivity contribution in [1.29, 1.82) is 0 Å². The number of nitro groups is 1. The molecule has 2 aromatic rings. The Morgan fingerprint density at radius 2 is 1.77 bits per heavy atom. The number of ether oxygens (including phenoxy) is 1. The van der Waals surface area contributed by atoms with Gasteiger partial charge in [-0.15, -0.1) is 0 Å². The smallest absolute Gasteiger partial charge is 0.269 e.